The maximum atomic E-state index is 11.6. The van der Waals surface area contributed by atoms with Gasteiger partial charge < -0.3 is 14.4 Å². The second kappa shape index (κ2) is 5.16. The first-order valence-corrected chi connectivity index (χ1v) is 5.22. The van der Waals surface area contributed by atoms with Crippen LogP contribution < -0.4 is 0 Å². The minimum absolute atomic E-state index is 0.267. The Morgan fingerprint density at radius 3 is 2.53 bits per heavy atom. The summed E-state index contributed by atoms with van der Waals surface area (Å²) in [5.74, 6) is -0.267. The van der Waals surface area contributed by atoms with Gasteiger partial charge in [0.15, 0.2) is 0 Å². The lowest BCUT2D eigenvalue weighted by molar-refractivity contribution is -0.138. The number of hydrogen-bond donors (Lipinski definition) is 0. The topological polar surface area (TPSA) is 38.8 Å². The Balaban J connectivity index is 2.86. The van der Waals surface area contributed by atoms with Crippen LogP contribution in [-0.4, -0.2) is 44.3 Å². The number of rotatable bonds is 4. The van der Waals surface area contributed by atoms with Gasteiger partial charge in [-0.3, -0.25) is 0 Å². The summed E-state index contributed by atoms with van der Waals surface area (Å²) in [7, 11) is 3.33. The number of carbonyl (C=O) groups excluding carboxylic acids is 1. The second-order valence-electron chi connectivity index (χ2n) is 3.80. The van der Waals surface area contributed by atoms with Gasteiger partial charge in [-0.15, -0.1) is 0 Å². The molecule has 1 atom stereocenters. The second-order valence-corrected chi connectivity index (χ2v) is 3.80. The maximum absolute atomic E-state index is 11.6. The highest BCUT2D eigenvalue weighted by molar-refractivity contribution is 5.89. The molecule has 1 fully saturated rings. The van der Waals surface area contributed by atoms with Crippen molar-refractivity contribution < 1.29 is 14.3 Å². The molecule has 4 nitrogen and oxygen atoms in total. The van der Waals surface area contributed by atoms with E-state index in [1.165, 1.54) is 7.11 Å². The van der Waals surface area contributed by atoms with Gasteiger partial charge in [-0.2, -0.15) is 0 Å². The van der Waals surface area contributed by atoms with E-state index in [9.17, 15) is 4.79 Å². The third kappa shape index (κ3) is 2.50. The average molecular weight is 213 g/mol. The first-order valence-electron chi connectivity index (χ1n) is 5.22. The van der Waals surface area contributed by atoms with E-state index in [4.69, 9.17) is 9.47 Å². The van der Waals surface area contributed by atoms with Crippen molar-refractivity contribution in [2.45, 2.75) is 26.3 Å². The van der Waals surface area contributed by atoms with Crippen molar-refractivity contribution in [2.24, 2.45) is 0 Å². The molecule has 0 spiro atoms. The van der Waals surface area contributed by atoms with Crippen LogP contribution in [0.4, 0.5) is 0 Å². The Morgan fingerprint density at radius 2 is 2.20 bits per heavy atom. The van der Waals surface area contributed by atoms with E-state index in [0.717, 1.165) is 12.0 Å². The molecule has 0 N–H and O–H groups in total. The molecule has 0 radical (unpaired) electrons. The Bertz CT molecular complexity index is 267. The number of nitrogens with zero attached hydrogens (tertiary/aromatic N) is 1. The number of likely N-dealkylation sites (N-methyl/N-ethyl adjacent to an activating group) is 1. The molecule has 1 rings (SSSR count). The summed E-state index contributed by atoms with van der Waals surface area (Å²) in [5, 5.41) is 0. The molecule has 0 saturated carbocycles. The van der Waals surface area contributed by atoms with Crippen LogP contribution in [0.2, 0.25) is 0 Å². The Kier molecular flexibility index (Phi) is 4.15. The molecule has 4 heteroatoms. The van der Waals surface area contributed by atoms with E-state index in [2.05, 4.69) is 13.8 Å². The van der Waals surface area contributed by atoms with Crippen LogP contribution >= 0.6 is 0 Å². The molecular weight excluding hydrogens is 194 g/mol. The fourth-order valence-electron chi connectivity index (χ4n) is 1.47. The zero-order valence-corrected chi connectivity index (χ0v) is 9.87. The number of ether oxygens (including phenoxy) is 2. The van der Waals surface area contributed by atoms with Crippen LogP contribution in [0.15, 0.2) is 11.3 Å². The molecule has 86 valence electrons. The standard InChI is InChI=1S/C11H19NO3/c1-5-8(2)12(3)10(11(13)14-4)9-6-15-7-9/h8H,5-7H2,1-4H3. The van der Waals surface area contributed by atoms with Crippen molar-refractivity contribution in [1.82, 2.24) is 4.90 Å². The lowest BCUT2D eigenvalue weighted by Gasteiger charge is -2.31. The van der Waals surface area contributed by atoms with Crippen LogP contribution in [0.5, 0.6) is 0 Å². The summed E-state index contributed by atoms with van der Waals surface area (Å²) in [6.45, 7) is 5.28. The summed E-state index contributed by atoms with van der Waals surface area (Å²) in [6.07, 6.45) is 0.991. The zero-order chi connectivity index (χ0) is 11.4. The Labute approximate surface area is 90.8 Å². The predicted molar refractivity (Wildman–Crippen MR) is 57.4 cm³/mol. The number of esters is 1. The molecule has 1 unspecified atom stereocenters. The molecule has 0 aromatic rings. The Morgan fingerprint density at radius 1 is 1.60 bits per heavy atom. The van der Waals surface area contributed by atoms with E-state index < -0.39 is 0 Å². The zero-order valence-electron chi connectivity index (χ0n) is 9.87. The number of carbonyl (C=O) groups is 1. The first-order chi connectivity index (χ1) is 7.11. The lowest BCUT2D eigenvalue weighted by Crippen LogP contribution is -2.36. The van der Waals surface area contributed by atoms with Gasteiger partial charge in [0, 0.05) is 18.7 Å². The molecule has 0 amide bonds. The summed E-state index contributed by atoms with van der Waals surface area (Å²) in [4.78, 5) is 13.6. The van der Waals surface area contributed by atoms with E-state index >= 15 is 0 Å². The fraction of sp³-hybridized carbons (Fsp3) is 0.727. The van der Waals surface area contributed by atoms with Crippen LogP contribution in [0.1, 0.15) is 20.3 Å². The first kappa shape index (κ1) is 12.0. The highest BCUT2D eigenvalue weighted by Crippen LogP contribution is 2.20. The molecule has 1 saturated heterocycles. The third-order valence-corrected chi connectivity index (χ3v) is 2.87. The van der Waals surface area contributed by atoms with Crippen molar-refractivity contribution in [3.05, 3.63) is 11.3 Å². The van der Waals surface area contributed by atoms with Crippen molar-refractivity contribution in [1.29, 1.82) is 0 Å². The van der Waals surface area contributed by atoms with Crippen LogP contribution in [-0.2, 0) is 14.3 Å². The van der Waals surface area contributed by atoms with Gasteiger partial charge in [0.25, 0.3) is 0 Å². The van der Waals surface area contributed by atoms with Gasteiger partial charge >= 0.3 is 5.97 Å². The van der Waals surface area contributed by atoms with Gasteiger partial charge in [0.1, 0.15) is 5.70 Å². The van der Waals surface area contributed by atoms with Gasteiger partial charge in [0.2, 0.25) is 0 Å². The largest absolute Gasteiger partial charge is 0.464 e. The van der Waals surface area contributed by atoms with Crippen molar-refractivity contribution in [2.75, 3.05) is 27.4 Å². The molecule has 0 aromatic heterocycles. The van der Waals surface area contributed by atoms with Crippen LogP contribution in [0.3, 0.4) is 0 Å². The van der Waals surface area contributed by atoms with Crippen LogP contribution in [0.25, 0.3) is 0 Å². The minimum Gasteiger partial charge on any atom is -0.464 e. The highest BCUT2D eigenvalue weighted by Gasteiger charge is 2.26. The third-order valence-electron chi connectivity index (χ3n) is 2.87. The molecular formula is C11H19NO3. The molecule has 15 heavy (non-hydrogen) atoms. The van der Waals surface area contributed by atoms with Gasteiger partial charge in [0.05, 0.1) is 20.3 Å². The van der Waals surface area contributed by atoms with E-state index in [0.29, 0.717) is 25.0 Å². The fourth-order valence-corrected chi connectivity index (χ4v) is 1.47. The van der Waals surface area contributed by atoms with Gasteiger partial charge in [-0.05, 0) is 13.3 Å². The lowest BCUT2D eigenvalue weighted by atomic mass is 10.1. The van der Waals surface area contributed by atoms with Crippen molar-refractivity contribution in [3.8, 4) is 0 Å². The predicted octanol–water partition coefficient (Wildman–Crippen LogP) is 1.17. The molecule has 1 aliphatic rings. The Hall–Kier alpha value is -1.03. The van der Waals surface area contributed by atoms with E-state index in [-0.39, 0.29) is 5.97 Å². The quantitative estimate of drug-likeness (QED) is 0.519. The molecule has 1 aliphatic heterocycles. The van der Waals surface area contributed by atoms with E-state index in [1.54, 1.807) is 0 Å². The summed E-state index contributed by atoms with van der Waals surface area (Å²) >= 11 is 0. The molecule has 0 aromatic carbocycles. The normalized spacial score (nSPS) is 16.7. The smallest absolute Gasteiger partial charge is 0.354 e. The van der Waals surface area contributed by atoms with Gasteiger partial charge in [-0.25, -0.2) is 4.79 Å². The highest BCUT2D eigenvalue weighted by atomic mass is 16.5. The monoisotopic (exact) mass is 213 g/mol. The van der Waals surface area contributed by atoms with Crippen LogP contribution in [0, 0.1) is 0 Å². The van der Waals surface area contributed by atoms with Crippen molar-refractivity contribution >= 4 is 5.97 Å². The summed E-state index contributed by atoms with van der Waals surface area (Å²) < 4.78 is 9.87. The number of hydrogen-bond acceptors (Lipinski definition) is 4. The number of methoxy groups -OCH3 is 1. The summed E-state index contributed by atoms with van der Waals surface area (Å²) in [6, 6.07) is 0.326. The SMILES string of the molecule is CCC(C)N(C)C(C(=O)OC)=C1COC1. The molecule has 1 heterocycles. The van der Waals surface area contributed by atoms with E-state index in [1.807, 2.05) is 11.9 Å². The van der Waals surface area contributed by atoms with Gasteiger partial charge in [-0.1, -0.05) is 6.92 Å². The average Bonchev–Trinajstić information content (AvgIpc) is 2.19. The molecule has 0 aliphatic carbocycles. The minimum atomic E-state index is -0.267. The maximum Gasteiger partial charge on any atom is 0.354 e. The van der Waals surface area contributed by atoms with Crippen molar-refractivity contribution in [3.63, 3.8) is 0 Å². The summed E-state index contributed by atoms with van der Waals surface area (Å²) in [5.41, 5.74) is 1.70. The molecule has 0 bridgehead atoms.